The number of aromatic nitrogens is 2. The van der Waals surface area contributed by atoms with E-state index in [1.165, 1.54) is 6.07 Å². The molecule has 2 heterocycles. The number of carbonyl (C=O) groups excluding carboxylic acids is 1. The van der Waals surface area contributed by atoms with Crippen LogP contribution in [-0.4, -0.2) is 20.2 Å². The summed E-state index contributed by atoms with van der Waals surface area (Å²) >= 11 is 0. The number of nitro groups is 1. The van der Waals surface area contributed by atoms with Crippen molar-refractivity contribution in [2.45, 2.75) is 6.92 Å². The Bertz CT molecular complexity index is 1200. The first kappa shape index (κ1) is 17.4. The molecule has 138 valence electrons. The number of aryl methyl sites for hydroxylation is 1. The van der Waals surface area contributed by atoms with Crippen LogP contribution in [0.2, 0.25) is 0 Å². The van der Waals surface area contributed by atoms with Crippen LogP contribution in [-0.2, 0) is 0 Å². The van der Waals surface area contributed by atoms with Gasteiger partial charge in [0.05, 0.1) is 10.5 Å². The summed E-state index contributed by atoms with van der Waals surface area (Å²) in [5.41, 5.74) is 3.73. The van der Waals surface area contributed by atoms with Crippen LogP contribution in [0, 0.1) is 17.0 Å². The summed E-state index contributed by atoms with van der Waals surface area (Å²) in [7, 11) is 0. The molecule has 0 radical (unpaired) electrons. The number of rotatable bonds is 4. The Labute approximate surface area is 160 Å². The second-order valence-electron chi connectivity index (χ2n) is 6.42. The van der Waals surface area contributed by atoms with E-state index in [2.05, 4.69) is 10.3 Å². The molecular weight excluding hydrogens is 356 g/mol. The quantitative estimate of drug-likeness (QED) is 0.423. The number of hydrogen-bond acceptors (Lipinski definition) is 4. The molecule has 4 rings (SSSR count). The third-order valence-corrected chi connectivity index (χ3v) is 4.47. The average Bonchev–Trinajstić information content (AvgIpc) is 3.16. The van der Waals surface area contributed by atoms with Crippen molar-refractivity contribution in [1.29, 1.82) is 0 Å². The van der Waals surface area contributed by atoms with E-state index >= 15 is 0 Å². The molecule has 0 aliphatic rings. The zero-order chi connectivity index (χ0) is 19.7. The Morgan fingerprint density at radius 1 is 1.11 bits per heavy atom. The zero-order valence-corrected chi connectivity index (χ0v) is 15.0. The van der Waals surface area contributed by atoms with E-state index in [4.69, 9.17) is 0 Å². The van der Waals surface area contributed by atoms with Gasteiger partial charge in [-0.3, -0.25) is 14.9 Å². The molecule has 0 fully saturated rings. The zero-order valence-electron chi connectivity index (χ0n) is 15.0. The summed E-state index contributed by atoms with van der Waals surface area (Å²) in [5.74, 6) is -0.318. The number of carbonyl (C=O) groups is 1. The average molecular weight is 372 g/mol. The summed E-state index contributed by atoms with van der Waals surface area (Å²) in [6.07, 6.45) is 5.23. The maximum atomic E-state index is 12.4. The molecule has 1 amide bonds. The molecule has 2 aromatic carbocycles. The number of anilines is 1. The molecule has 7 nitrogen and oxygen atoms in total. The van der Waals surface area contributed by atoms with Crippen molar-refractivity contribution in [3.8, 4) is 11.1 Å². The van der Waals surface area contributed by atoms with Crippen molar-refractivity contribution in [2.24, 2.45) is 0 Å². The lowest BCUT2D eigenvalue weighted by Crippen LogP contribution is -2.12. The van der Waals surface area contributed by atoms with Crippen molar-refractivity contribution >= 4 is 22.9 Å². The van der Waals surface area contributed by atoms with Gasteiger partial charge in [-0.1, -0.05) is 17.7 Å². The molecule has 0 bridgehead atoms. The fourth-order valence-electron chi connectivity index (χ4n) is 2.99. The van der Waals surface area contributed by atoms with Gasteiger partial charge in [-0.25, -0.2) is 4.98 Å². The first-order valence-corrected chi connectivity index (χ1v) is 8.61. The molecule has 28 heavy (non-hydrogen) atoms. The van der Waals surface area contributed by atoms with E-state index in [1.54, 1.807) is 59.4 Å². The highest BCUT2D eigenvalue weighted by atomic mass is 16.6. The molecule has 4 aromatic rings. The first-order valence-electron chi connectivity index (χ1n) is 8.61. The van der Waals surface area contributed by atoms with Gasteiger partial charge in [-0.2, -0.15) is 0 Å². The normalized spacial score (nSPS) is 10.8. The van der Waals surface area contributed by atoms with E-state index in [0.717, 1.165) is 11.2 Å². The van der Waals surface area contributed by atoms with Gasteiger partial charge in [0.15, 0.2) is 0 Å². The minimum Gasteiger partial charge on any atom is -0.322 e. The van der Waals surface area contributed by atoms with Gasteiger partial charge in [0.2, 0.25) is 0 Å². The predicted molar refractivity (Wildman–Crippen MR) is 106 cm³/mol. The fourth-order valence-corrected chi connectivity index (χ4v) is 2.99. The Balaban J connectivity index is 1.67. The van der Waals surface area contributed by atoms with Crippen LogP contribution < -0.4 is 5.32 Å². The molecule has 0 saturated heterocycles. The molecule has 0 atom stereocenters. The number of nitrogens with one attached hydrogen (secondary N) is 1. The van der Waals surface area contributed by atoms with Crippen molar-refractivity contribution in [3.63, 3.8) is 0 Å². The standard InChI is InChI=1S/C21H16N4O3/c1-14-2-4-15(5-3-14)21(26)23-17-7-8-18(19(12-17)25(27)28)16-6-9-20-22-10-11-24(20)13-16/h2-13H,1H3,(H,23,26). The summed E-state index contributed by atoms with van der Waals surface area (Å²) < 4.78 is 1.80. The summed E-state index contributed by atoms with van der Waals surface area (Å²) in [6, 6.07) is 15.4. The minimum absolute atomic E-state index is 0.0822. The maximum absolute atomic E-state index is 12.4. The van der Waals surface area contributed by atoms with Gasteiger partial charge in [0, 0.05) is 41.5 Å². The lowest BCUT2D eigenvalue weighted by molar-refractivity contribution is -0.384. The van der Waals surface area contributed by atoms with E-state index in [-0.39, 0.29) is 11.6 Å². The van der Waals surface area contributed by atoms with Gasteiger partial charge >= 0.3 is 0 Å². The second-order valence-corrected chi connectivity index (χ2v) is 6.42. The fraction of sp³-hybridized carbons (Fsp3) is 0.0476. The highest BCUT2D eigenvalue weighted by molar-refractivity contribution is 6.04. The topological polar surface area (TPSA) is 89.5 Å². The molecule has 7 heteroatoms. The number of nitrogens with zero attached hydrogens (tertiary/aromatic N) is 3. The molecular formula is C21H16N4O3. The minimum atomic E-state index is -0.449. The monoisotopic (exact) mass is 372 g/mol. The Kier molecular flexibility index (Phi) is 4.33. The number of hydrogen-bond donors (Lipinski definition) is 1. The number of fused-ring (bicyclic) bond motifs is 1. The summed E-state index contributed by atoms with van der Waals surface area (Å²) in [5, 5.41) is 14.3. The number of benzene rings is 2. The van der Waals surface area contributed by atoms with E-state index in [0.29, 0.717) is 22.4 Å². The highest BCUT2D eigenvalue weighted by Gasteiger charge is 2.18. The molecule has 2 aromatic heterocycles. The van der Waals surface area contributed by atoms with Crippen LogP contribution in [0.5, 0.6) is 0 Å². The van der Waals surface area contributed by atoms with Crippen LogP contribution in [0.15, 0.2) is 73.2 Å². The third kappa shape index (κ3) is 3.33. The number of pyridine rings is 1. The number of imidazole rings is 1. The van der Waals surface area contributed by atoms with Crippen LogP contribution >= 0.6 is 0 Å². The third-order valence-electron chi connectivity index (χ3n) is 4.47. The molecule has 0 unspecified atom stereocenters. The molecule has 1 N–H and O–H groups in total. The van der Waals surface area contributed by atoms with Gasteiger partial charge < -0.3 is 9.72 Å². The van der Waals surface area contributed by atoms with Gasteiger partial charge in [-0.05, 0) is 43.3 Å². The van der Waals surface area contributed by atoms with Crippen molar-refractivity contribution < 1.29 is 9.72 Å². The van der Waals surface area contributed by atoms with E-state index in [1.807, 2.05) is 19.1 Å². The lowest BCUT2D eigenvalue weighted by atomic mass is 10.0. The number of nitro benzene ring substituents is 1. The molecule has 0 aliphatic heterocycles. The van der Waals surface area contributed by atoms with Crippen LogP contribution in [0.4, 0.5) is 11.4 Å². The molecule has 0 saturated carbocycles. The van der Waals surface area contributed by atoms with Crippen LogP contribution in [0.25, 0.3) is 16.8 Å². The SMILES string of the molecule is Cc1ccc(C(=O)Nc2ccc(-c3ccc4nccn4c3)c([N+](=O)[O-])c2)cc1. The first-order chi connectivity index (χ1) is 13.5. The van der Waals surface area contributed by atoms with E-state index in [9.17, 15) is 14.9 Å². The highest BCUT2D eigenvalue weighted by Crippen LogP contribution is 2.32. The van der Waals surface area contributed by atoms with Crippen molar-refractivity contribution in [1.82, 2.24) is 9.38 Å². The van der Waals surface area contributed by atoms with Crippen molar-refractivity contribution in [2.75, 3.05) is 5.32 Å². The second kappa shape index (κ2) is 6.96. The van der Waals surface area contributed by atoms with Crippen LogP contribution in [0.3, 0.4) is 0 Å². The smallest absolute Gasteiger partial charge is 0.279 e. The van der Waals surface area contributed by atoms with Gasteiger partial charge in [0.1, 0.15) is 5.65 Å². The summed E-state index contributed by atoms with van der Waals surface area (Å²) in [6.45, 7) is 1.94. The van der Waals surface area contributed by atoms with Crippen molar-refractivity contribution in [3.05, 3.63) is 94.4 Å². The van der Waals surface area contributed by atoms with Gasteiger partial charge in [-0.15, -0.1) is 0 Å². The number of amides is 1. The maximum Gasteiger partial charge on any atom is 0.279 e. The largest absolute Gasteiger partial charge is 0.322 e. The Morgan fingerprint density at radius 2 is 1.89 bits per heavy atom. The molecule has 0 aliphatic carbocycles. The van der Waals surface area contributed by atoms with Crippen LogP contribution in [0.1, 0.15) is 15.9 Å². The van der Waals surface area contributed by atoms with E-state index < -0.39 is 4.92 Å². The Hall–Kier alpha value is -4.00. The lowest BCUT2D eigenvalue weighted by Gasteiger charge is -2.09. The summed E-state index contributed by atoms with van der Waals surface area (Å²) in [4.78, 5) is 27.7. The molecule has 0 spiro atoms. The predicted octanol–water partition coefficient (Wildman–Crippen LogP) is 4.47. The van der Waals surface area contributed by atoms with Gasteiger partial charge in [0.25, 0.3) is 11.6 Å². The Morgan fingerprint density at radius 3 is 2.64 bits per heavy atom.